The van der Waals surface area contributed by atoms with Gasteiger partial charge in [0.15, 0.2) is 0 Å². The highest BCUT2D eigenvalue weighted by Crippen LogP contribution is 2.22. The fourth-order valence-corrected chi connectivity index (χ4v) is 2.95. The number of carbonyl (C=O) groups is 1. The van der Waals surface area contributed by atoms with Gasteiger partial charge >= 0.3 is 0 Å². The van der Waals surface area contributed by atoms with E-state index in [2.05, 4.69) is 28.4 Å². The molecule has 0 spiro atoms. The van der Waals surface area contributed by atoms with Gasteiger partial charge in [-0.1, -0.05) is 18.2 Å². The SMILES string of the molecule is Cc1ccncc1C(=O)NC(C)c1cnn(-c2ccccc2C)c1C. The first-order valence-electron chi connectivity index (χ1n) is 8.31. The van der Waals surface area contributed by atoms with Gasteiger partial charge in [0.1, 0.15) is 0 Å². The lowest BCUT2D eigenvalue weighted by atomic mass is 10.1. The van der Waals surface area contributed by atoms with Crippen LogP contribution in [0.4, 0.5) is 0 Å². The van der Waals surface area contributed by atoms with Crippen molar-refractivity contribution < 1.29 is 4.79 Å². The second-order valence-corrected chi connectivity index (χ2v) is 6.27. The molecule has 0 fully saturated rings. The van der Waals surface area contributed by atoms with Crippen molar-refractivity contribution in [3.8, 4) is 5.69 Å². The molecule has 1 amide bonds. The van der Waals surface area contributed by atoms with Gasteiger partial charge in [0, 0.05) is 23.7 Å². The van der Waals surface area contributed by atoms with E-state index in [1.54, 1.807) is 12.4 Å². The Morgan fingerprint density at radius 1 is 1.08 bits per heavy atom. The number of rotatable bonds is 4. The van der Waals surface area contributed by atoms with Crippen LogP contribution in [0.25, 0.3) is 5.69 Å². The van der Waals surface area contributed by atoms with Gasteiger partial charge in [-0.15, -0.1) is 0 Å². The summed E-state index contributed by atoms with van der Waals surface area (Å²) in [4.78, 5) is 16.6. The second kappa shape index (κ2) is 6.89. The fourth-order valence-electron chi connectivity index (χ4n) is 2.95. The molecule has 128 valence electrons. The molecule has 1 aromatic carbocycles. The number of nitrogens with zero attached hydrogens (tertiary/aromatic N) is 3. The Bertz CT molecular complexity index is 914. The molecular weight excluding hydrogens is 312 g/mol. The van der Waals surface area contributed by atoms with Crippen LogP contribution in [-0.4, -0.2) is 20.7 Å². The molecule has 2 aromatic heterocycles. The summed E-state index contributed by atoms with van der Waals surface area (Å²) in [5, 5.41) is 7.56. The summed E-state index contributed by atoms with van der Waals surface area (Å²) in [6.45, 7) is 7.96. The van der Waals surface area contributed by atoms with E-state index >= 15 is 0 Å². The zero-order chi connectivity index (χ0) is 18.0. The van der Waals surface area contributed by atoms with E-state index in [9.17, 15) is 4.79 Å². The molecule has 5 nitrogen and oxygen atoms in total. The van der Waals surface area contributed by atoms with Gasteiger partial charge in [0.05, 0.1) is 23.5 Å². The van der Waals surface area contributed by atoms with Crippen molar-refractivity contribution in [2.75, 3.05) is 0 Å². The van der Waals surface area contributed by atoms with E-state index in [1.165, 1.54) is 0 Å². The second-order valence-electron chi connectivity index (χ2n) is 6.27. The largest absolute Gasteiger partial charge is 0.345 e. The first kappa shape index (κ1) is 16.9. The maximum Gasteiger partial charge on any atom is 0.253 e. The zero-order valence-electron chi connectivity index (χ0n) is 14.9. The Hall–Kier alpha value is -2.95. The Labute approximate surface area is 147 Å². The molecule has 3 aromatic rings. The van der Waals surface area contributed by atoms with Gasteiger partial charge in [-0.2, -0.15) is 5.10 Å². The van der Waals surface area contributed by atoms with Gasteiger partial charge in [-0.05, 0) is 51.0 Å². The summed E-state index contributed by atoms with van der Waals surface area (Å²) in [7, 11) is 0. The highest BCUT2D eigenvalue weighted by molar-refractivity contribution is 5.95. The van der Waals surface area contributed by atoms with E-state index in [4.69, 9.17) is 0 Å². The number of nitrogens with one attached hydrogen (secondary N) is 1. The molecule has 0 radical (unpaired) electrons. The van der Waals surface area contributed by atoms with Crippen molar-refractivity contribution >= 4 is 5.91 Å². The molecule has 0 aliphatic rings. The number of hydrogen-bond acceptors (Lipinski definition) is 3. The van der Waals surface area contributed by atoms with E-state index in [0.717, 1.165) is 28.1 Å². The minimum atomic E-state index is -0.148. The lowest BCUT2D eigenvalue weighted by Gasteiger charge is -2.15. The zero-order valence-corrected chi connectivity index (χ0v) is 14.9. The van der Waals surface area contributed by atoms with Crippen LogP contribution in [0.3, 0.4) is 0 Å². The van der Waals surface area contributed by atoms with Crippen LogP contribution in [0.5, 0.6) is 0 Å². The first-order chi connectivity index (χ1) is 12.0. The van der Waals surface area contributed by atoms with Crippen molar-refractivity contribution in [3.05, 3.63) is 76.9 Å². The number of aryl methyl sites for hydroxylation is 2. The molecule has 0 aliphatic carbocycles. The van der Waals surface area contributed by atoms with E-state index in [0.29, 0.717) is 5.56 Å². The number of carbonyl (C=O) groups excluding carboxylic acids is 1. The molecule has 1 N–H and O–H groups in total. The summed E-state index contributed by atoms with van der Waals surface area (Å²) >= 11 is 0. The standard InChI is InChI=1S/C20H22N4O/c1-13-9-10-21-11-17(13)20(25)23-15(3)18-12-22-24(16(18)4)19-8-6-5-7-14(19)2/h5-12,15H,1-4H3,(H,23,25). The van der Waals surface area contributed by atoms with Crippen molar-refractivity contribution in [1.29, 1.82) is 0 Å². The van der Waals surface area contributed by atoms with Crippen molar-refractivity contribution in [3.63, 3.8) is 0 Å². The third-order valence-electron chi connectivity index (χ3n) is 4.49. The molecule has 5 heteroatoms. The van der Waals surface area contributed by atoms with Crippen LogP contribution >= 0.6 is 0 Å². The van der Waals surface area contributed by atoms with Gasteiger partial charge < -0.3 is 5.32 Å². The number of para-hydroxylation sites is 1. The average molecular weight is 334 g/mol. The third kappa shape index (κ3) is 3.31. The lowest BCUT2D eigenvalue weighted by Crippen LogP contribution is -2.27. The normalized spacial score (nSPS) is 12.0. The van der Waals surface area contributed by atoms with Crippen LogP contribution in [0, 0.1) is 20.8 Å². The van der Waals surface area contributed by atoms with Crippen LogP contribution in [-0.2, 0) is 0 Å². The number of hydrogen-bond donors (Lipinski definition) is 1. The highest BCUT2D eigenvalue weighted by atomic mass is 16.1. The van der Waals surface area contributed by atoms with E-state index in [1.807, 2.05) is 55.9 Å². The summed E-state index contributed by atoms with van der Waals surface area (Å²) in [6.07, 6.45) is 5.11. The smallest absolute Gasteiger partial charge is 0.253 e. The van der Waals surface area contributed by atoms with Crippen molar-refractivity contribution in [2.45, 2.75) is 33.7 Å². The van der Waals surface area contributed by atoms with Crippen molar-refractivity contribution in [2.24, 2.45) is 0 Å². The minimum Gasteiger partial charge on any atom is -0.345 e. The molecule has 1 atom stereocenters. The summed E-state index contributed by atoms with van der Waals surface area (Å²) in [6, 6.07) is 9.80. The molecule has 0 saturated carbocycles. The number of aromatic nitrogens is 3. The Morgan fingerprint density at radius 2 is 1.84 bits per heavy atom. The van der Waals surface area contributed by atoms with Gasteiger partial charge in [-0.25, -0.2) is 4.68 Å². The molecule has 1 unspecified atom stereocenters. The Balaban J connectivity index is 1.84. The maximum absolute atomic E-state index is 12.5. The Kier molecular flexibility index (Phi) is 4.65. The van der Waals surface area contributed by atoms with Crippen LogP contribution in [0.1, 0.15) is 45.7 Å². The first-order valence-corrected chi connectivity index (χ1v) is 8.31. The number of pyridine rings is 1. The third-order valence-corrected chi connectivity index (χ3v) is 4.49. The van der Waals surface area contributed by atoms with Crippen LogP contribution in [0.15, 0.2) is 48.9 Å². The summed E-state index contributed by atoms with van der Waals surface area (Å²) in [5.41, 5.74) is 5.73. The number of amides is 1. The minimum absolute atomic E-state index is 0.124. The van der Waals surface area contributed by atoms with Crippen molar-refractivity contribution in [1.82, 2.24) is 20.1 Å². The molecule has 0 saturated heterocycles. The maximum atomic E-state index is 12.5. The molecule has 0 aliphatic heterocycles. The Morgan fingerprint density at radius 3 is 2.56 bits per heavy atom. The quantitative estimate of drug-likeness (QED) is 0.792. The molecule has 3 rings (SSSR count). The topological polar surface area (TPSA) is 59.8 Å². The van der Waals surface area contributed by atoms with Gasteiger partial charge in [0.2, 0.25) is 0 Å². The highest BCUT2D eigenvalue weighted by Gasteiger charge is 2.18. The molecule has 0 bridgehead atoms. The predicted molar refractivity (Wildman–Crippen MR) is 97.9 cm³/mol. The fraction of sp³-hybridized carbons (Fsp3) is 0.250. The predicted octanol–water partition coefficient (Wildman–Crippen LogP) is 3.68. The summed E-state index contributed by atoms with van der Waals surface area (Å²) in [5.74, 6) is -0.124. The van der Waals surface area contributed by atoms with E-state index in [-0.39, 0.29) is 11.9 Å². The number of benzene rings is 1. The molecule has 25 heavy (non-hydrogen) atoms. The molecular formula is C20H22N4O. The van der Waals surface area contributed by atoms with Gasteiger partial charge in [0.25, 0.3) is 5.91 Å². The average Bonchev–Trinajstić information content (AvgIpc) is 2.97. The van der Waals surface area contributed by atoms with Crippen LogP contribution < -0.4 is 5.32 Å². The summed E-state index contributed by atoms with van der Waals surface area (Å²) < 4.78 is 1.92. The molecule has 2 heterocycles. The van der Waals surface area contributed by atoms with Gasteiger partial charge in [-0.3, -0.25) is 9.78 Å². The van der Waals surface area contributed by atoms with Crippen LogP contribution in [0.2, 0.25) is 0 Å². The lowest BCUT2D eigenvalue weighted by molar-refractivity contribution is 0.0939. The monoisotopic (exact) mass is 334 g/mol. The van der Waals surface area contributed by atoms with E-state index < -0.39 is 0 Å².